The van der Waals surface area contributed by atoms with Crippen molar-refractivity contribution >= 4 is 21.9 Å². The van der Waals surface area contributed by atoms with Crippen molar-refractivity contribution in [2.75, 3.05) is 19.9 Å². The van der Waals surface area contributed by atoms with Crippen molar-refractivity contribution in [1.82, 2.24) is 19.5 Å². The van der Waals surface area contributed by atoms with E-state index in [0.717, 1.165) is 33.5 Å². The average Bonchev–Trinajstić information content (AvgIpc) is 3.40. The largest absolute Gasteiger partial charge is 0.569 e. The lowest BCUT2D eigenvalue weighted by Gasteiger charge is -2.17. The maximum absolute atomic E-state index is 13.5. The fourth-order valence-corrected chi connectivity index (χ4v) is 4.51. The number of carbonyl (C=O) groups excluding carboxylic acids is 2. The van der Waals surface area contributed by atoms with Gasteiger partial charge in [0.1, 0.15) is 0 Å². The summed E-state index contributed by atoms with van der Waals surface area (Å²) in [6.45, 7) is 6.68. The minimum Gasteiger partial charge on any atom is -0.569 e. The third-order valence-corrected chi connectivity index (χ3v) is 7.29. The molecule has 13 nitrogen and oxygen atoms in total. The number of halogens is 3. The molecule has 0 bridgehead atoms. The first-order chi connectivity index (χ1) is 20.4. The molecular weight excluding hydrogens is 609 g/mol. The molecule has 1 N–H and O–H groups in total. The number of aromatic nitrogens is 2. The molecule has 0 aliphatic rings. The summed E-state index contributed by atoms with van der Waals surface area (Å²) in [4.78, 5) is 28.4. The van der Waals surface area contributed by atoms with Crippen LogP contribution in [0.25, 0.3) is 16.9 Å². The Labute approximate surface area is 251 Å². The molecule has 0 aliphatic heterocycles. The van der Waals surface area contributed by atoms with Gasteiger partial charge in [-0.1, -0.05) is 29.8 Å². The first kappa shape index (κ1) is 33.8. The van der Waals surface area contributed by atoms with E-state index in [4.69, 9.17) is 4.74 Å². The highest BCUT2D eigenvalue weighted by molar-refractivity contribution is 7.90. The van der Waals surface area contributed by atoms with Crippen LogP contribution >= 0.6 is 0 Å². The zero-order valence-electron chi connectivity index (χ0n) is 24.5. The lowest BCUT2D eigenvalue weighted by molar-refractivity contribution is -0.709. The van der Waals surface area contributed by atoms with Gasteiger partial charge in [-0.2, -0.15) is 18.3 Å². The van der Waals surface area contributed by atoms with Gasteiger partial charge in [0.15, 0.2) is 12.2 Å². The number of ether oxygens (including phenoxy) is 1. The van der Waals surface area contributed by atoms with Crippen LogP contribution in [0.15, 0.2) is 64.8 Å². The highest BCUT2D eigenvalue weighted by Gasteiger charge is 2.35. The fourth-order valence-electron chi connectivity index (χ4n) is 3.53. The third-order valence-electron chi connectivity index (χ3n) is 5.90. The summed E-state index contributed by atoms with van der Waals surface area (Å²) >= 11 is 0. The van der Waals surface area contributed by atoms with E-state index in [1.165, 1.54) is 19.1 Å². The molecule has 1 amide bonds. The van der Waals surface area contributed by atoms with Crippen molar-refractivity contribution in [2.45, 2.75) is 45.7 Å². The van der Waals surface area contributed by atoms with Crippen molar-refractivity contribution in [3.63, 3.8) is 0 Å². The van der Waals surface area contributed by atoms with Gasteiger partial charge >= 0.3 is 12.1 Å². The van der Waals surface area contributed by atoms with E-state index in [9.17, 15) is 36.4 Å². The molecule has 0 radical (unpaired) electrons. The highest BCUT2D eigenvalue weighted by Crippen LogP contribution is 2.33. The van der Waals surface area contributed by atoms with Crippen LogP contribution in [0.1, 0.15) is 39.0 Å². The Balaban J connectivity index is 1.72. The molecule has 238 valence electrons. The van der Waals surface area contributed by atoms with Crippen LogP contribution in [0.4, 0.5) is 13.2 Å². The zero-order chi connectivity index (χ0) is 32.9. The monoisotopic (exact) mass is 640 g/mol. The summed E-state index contributed by atoms with van der Waals surface area (Å²) < 4.78 is 73.8. The molecule has 0 aliphatic carbocycles. The molecule has 3 rings (SSSR count). The minimum atomic E-state index is -4.72. The Morgan fingerprint density at radius 2 is 1.70 bits per heavy atom. The van der Waals surface area contributed by atoms with Gasteiger partial charge in [0, 0.05) is 5.56 Å². The Kier molecular flexibility index (Phi) is 10.2. The molecule has 0 unspecified atom stereocenters. The predicted octanol–water partition coefficient (Wildman–Crippen LogP) is 4.35. The van der Waals surface area contributed by atoms with Gasteiger partial charge < -0.3 is 14.8 Å². The molecule has 3 aromatic rings. The standard InChI is InChI=1S/C27H31F3N6O7S/c1-6-34(36(39)33-43-17-42-25(38)26(3,4)5)16-24(37)32-44(40,41)21-13-11-20(12-14-21)35-22(15-23(31-35)27(28,29)30)19-9-7-18(2)8-10-19/h7-15H,6,16-17H2,1-5H3,(H,32,37). The van der Waals surface area contributed by atoms with E-state index < -0.39 is 52.5 Å². The van der Waals surface area contributed by atoms with E-state index in [1.54, 1.807) is 45.0 Å². The van der Waals surface area contributed by atoms with Crippen LogP contribution in [0, 0.1) is 17.5 Å². The number of aryl methyl sites for hydroxylation is 1. The second kappa shape index (κ2) is 13.3. The van der Waals surface area contributed by atoms with E-state index in [-0.39, 0.29) is 27.8 Å². The van der Waals surface area contributed by atoms with E-state index in [0.29, 0.717) is 5.56 Å². The average molecular weight is 641 g/mol. The number of hydrazine groups is 1. The molecule has 0 saturated carbocycles. The summed E-state index contributed by atoms with van der Waals surface area (Å²) in [5.74, 6) is -1.69. The van der Waals surface area contributed by atoms with Crippen molar-refractivity contribution in [3.8, 4) is 16.9 Å². The summed E-state index contributed by atoms with van der Waals surface area (Å²) in [5.41, 5.74) is -0.314. The van der Waals surface area contributed by atoms with Crippen molar-refractivity contribution in [1.29, 1.82) is 0 Å². The number of nitrogens with one attached hydrogen (secondary N) is 1. The third kappa shape index (κ3) is 8.68. The van der Waals surface area contributed by atoms with Crippen LogP contribution in [-0.4, -0.2) is 59.9 Å². The van der Waals surface area contributed by atoms with Crippen LogP contribution in [0.5, 0.6) is 0 Å². The van der Waals surface area contributed by atoms with Gasteiger partial charge in [0.05, 0.1) is 33.2 Å². The number of esters is 1. The Hall–Kier alpha value is -4.67. The quantitative estimate of drug-likeness (QED) is 0.0803. The van der Waals surface area contributed by atoms with Crippen molar-refractivity contribution < 1.29 is 45.7 Å². The minimum absolute atomic E-state index is 0.0760. The first-order valence-electron chi connectivity index (χ1n) is 13.0. The molecule has 2 aromatic carbocycles. The van der Waals surface area contributed by atoms with Gasteiger partial charge in [0.25, 0.3) is 22.7 Å². The van der Waals surface area contributed by atoms with Crippen LogP contribution in [0.3, 0.4) is 0 Å². The van der Waals surface area contributed by atoms with Crippen molar-refractivity contribution in [2.24, 2.45) is 10.7 Å². The van der Waals surface area contributed by atoms with E-state index >= 15 is 0 Å². The number of sulfonamides is 1. The van der Waals surface area contributed by atoms with Gasteiger partial charge in [0.2, 0.25) is 5.28 Å². The predicted molar refractivity (Wildman–Crippen MR) is 149 cm³/mol. The normalized spacial score (nSPS) is 12.5. The lowest BCUT2D eigenvalue weighted by atomic mass is 9.98. The topological polar surface area (TPSA) is 158 Å². The summed E-state index contributed by atoms with van der Waals surface area (Å²) in [7, 11) is -4.44. The molecule has 17 heteroatoms. The molecule has 0 saturated heterocycles. The SMILES string of the molecule is CCN(CC(=O)NS(=O)(=O)c1ccc(-n2nc(C(F)(F)F)cc2-c2ccc(C)cc2)cc1)[N+]([O-])=NOCOC(=O)C(C)(C)C. The van der Waals surface area contributed by atoms with Crippen LogP contribution < -0.4 is 4.72 Å². The second-order valence-electron chi connectivity index (χ2n) is 10.5. The molecular formula is C27H31F3N6O7S. The number of rotatable bonds is 11. The van der Waals surface area contributed by atoms with Crippen LogP contribution in [0.2, 0.25) is 0 Å². The number of hydrogen-bond donors (Lipinski definition) is 1. The molecule has 0 atom stereocenters. The summed E-state index contributed by atoms with van der Waals surface area (Å²) in [6, 6.07) is 12.3. The maximum atomic E-state index is 13.5. The smallest absolute Gasteiger partial charge is 0.435 e. The Morgan fingerprint density at radius 1 is 1.09 bits per heavy atom. The molecule has 0 fully saturated rings. The molecule has 0 spiro atoms. The second-order valence-corrected chi connectivity index (χ2v) is 12.1. The fraction of sp³-hybridized carbons (Fsp3) is 0.370. The van der Waals surface area contributed by atoms with Crippen LogP contribution in [-0.2, 0) is 35.4 Å². The summed E-state index contributed by atoms with van der Waals surface area (Å²) in [6.07, 6.45) is -4.72. The zero-order valence-corrected chi connectivity index (χ0v) is 25.3. The number of carbonyl (C=O) groups is 2. The van der Waals surface area contributed by atoms with E-state index in [2.05, 4.69) is 15.2 Å². The lowest BCUT2D eigenvalue weighted by Crippen LogP contribution is -2.42. The highest BCUT2D eigenvalue weighted by atomic mass is 32.2. The Bertz CT molecular complexity index is 1620. The number of benzene rings is 2. The number of hydrogen-bond acceptors (Lipinski definition) is 9. The molecule has 1 heterocycles. The van der Waals surface area contributed by atoms with Crippen molar-refractivity contribution in [3.05, 3.63) is 71.1 Å². The molecule has 44 heavy (non-hydrogen) atoms. The summed E-state index contributed by atoms with van der Waals surface area (Å²) in [5, 5.41) is 19.8. The number of nitrogens with zero attached hydrogens (tertiary/aromatic N) is 5. The molecule has 1 aromatic heterocycles. The van der Waals surface area contributed by atoms with Gasteiger partial charge in [-0.3, -0.25) is 9.59 Å². The van der Waals surface area contributed by atoms with E-state index in [1.807, 2.05) is 11.6 Å². The van der Waals surface area contributed by atoms with Gasteiger partial charge in [-0.15, -0.1) is 5.01 Å². The Morgan fingerprint density at radius 3 is 2.25 bits per heavy atom. The van der Waals surface area contributed by atoms with Gasteiger partial charge in [-0.05, 0) is 65.0 Å². The maximum Gasteiger partial charge on any atom is 0.435 e. The first-order valence-corrected chi connectivity index (χ1v) is 14.5. The van der Waals surface area contributed by atoms with Gasteiger partial charge in [-0.25, -0.2) is 17.8 Å². The number of amides is 1. The number of likely N-dealkylation sites (N-methyl/N-ethyl adjacent to an activating group) is 1. The number of alkyl halides is 3.